The Morgan fingerprint density at radius 3 is 2.71 bits per heavy atom. The lowest BCUT2D eigenvalue weighted by molar-refractivity contribution is -0.0348. The number of hydrogen-bond acceptors (Lipinski definition) is 6. The third-order valence-electron chi connectivity index (χ3n) is 2.76. The van der Waals surface area contributed by atoms with Crippen LogP contribution in [0.3, 0.4) is 0 Å². The van der Waals surface area contributed by atoms with Gasteiger partial charge in [-0.25, -0.2) is 4.79 Å². The van der Waals surface area contributed by atoms with Crippen LogP contribution in [0.1, 0.15) is 13.2 Å². The largest absolute Gasteiger partial charge is 0.388 e. The van der Waals surface area contributed by atoms with Crippen molar-refractivity contribution < 1.29 is 14.9 Å². The summed E-state index contributed by atoms with van der Waals surface area (Å²) in [6.45, 7) is 1.62. The third-order valence-corrected chi connectivity index (χ3v) is 3.21. The lowest BCUT2D eigenvalue weighted by atomic mass is 10.1. The van der Waals surface area contributed by atoms with E-state index < -0.39 is 30.2 Å². The number of nitrogens with two attached hydrogens (primary N) is 1. The summed E-state index contributed by atoms with van der Waals surface area (Å²) in [7, 11) is 2.33. The third kappa shape index (κ3) is 2.07. The lowest BCUT2D eigenvalue weighted by Crippen LogP contribution is -2.37. The van der Waals surface area contributed by atoms with Crippen LogP contribution in [-0.4, -0.2) is 38.1 Å². The first kappa shape index (κ1) is 12.4. The Morgan fingerprint density at radius 1 is 1.53 bits per heavy atom. The number of ether oxygens (including phenoxy) is 1. The van der Waals surface area contributed by atoms with E-state index in [2.05, 4.69) is 14.2 Å². The number of hydrogen-bond donors (Lipinski definition) is 3. The highest BCUT2D eigenvalue weighted by molar-refractivity contribution is 7.27. The van der Waals surface area contributed by atoms with Crippen molar-refractivity contribution in [2.24, 2.45) is 0 Å². The van der Waals surface area contributed by atoms with E-state index in [-0.39, 0.29) is 5.82 Å². The van der Waals surface area contributed by atoms with Gasteiger partial charge in [-0.3, -0.25) is 4.57 Å². The van der Waals surface area contributed by atoms with Crippen molar-refractivity contribution in [3.8, 4) is 0 Å². The van der Waals surface area contributed by atoms with Gasteiger partial charge in [0, 0.05) is 11.5 Å². The van der Waals surface area contributed by atoms with Gasteiger partial charge >= 0.3 is 5.69 Å². The predicted molar refractivity (Wildman–Crippen MR) is 63.9 cm³/mol. The first-order chi connectivity index (χ1) is 7.91. The molecule has 1 aromatic heterocycles. The smallest absolute Gasteiger partial charge is 0.351 e. The Bertz CT molecular complexity index is 492. The average molecular weight is 259 g/mol. The van der Waals surface area contributed by atoms with E-state index >= 15 is 0 Å². The molecule has 1 saturated heterocycles. The molecule has 0 saturated carbocycles. The van der Waals surface area contributed by atoms with Crippen LogP contribution in [0.4, 0.5) is 5.82 Å². The van der Waals surface area contributed by atoms with E-state index in [1.807, 2.05) is 0 Å². The standard InChI is InChI=1S/C9H14N3O4P/c1-3-5(13)6(14)8(16-3)12-2-4(17)7(10)11-9(12)15/h2-3,5-6,8,13-14H,17H2,1H3,(H2,10,11,15)/t3?,5-,6-,8?/m1/s1. The Kier molecular flexibility index (Phi) is 3.18. The van der Waals surface area contributed by atoms with Crippen LogP contribution in [0.2, 0.25) is 0 Å². The van der Waals surface area contributed by atoms with Crippen LogP contribution in [0.25, 0.3) is 0 Å². The molecule has 2 rings (SSSR count). The number of anilines is 1. The first-order valence-electron chi connectivity index (χ1n) is 5.07. The van der Waals surface area contributed by atoms with E-state index in [9.17, 15) is 15.0 Å². The number of aliphatic hydroxyl groups is 2. The number of rotatable bonds is 1. The summed E-state index contributed by atoms with van der Waals surface area (Å²) >= 11 is 0. The van der Waals surface area contributed by atoms with E-state index in [4.69, 9.17) is 10.5 Å². The zero-order chi connectivity index (χ0) is 12.7. The summed E-state index contributed by atoms with van der Waals surface area (Å²) in [6, 6.07) is 0. The molecule has 0 radical (unpaired) electrons. The Balaban J connectivity index is 2.42. The van der Waals surface area contributed by atoms with Crippen molar-refractivity contribution in [1.82, 2.24) is 9.55 Å². The second-order valence-electron chi connectivity index (χ2n) is 3.98. The van der Waals surface area contributed by atoms with Gasteiger partial charge in [0.1, 0.15) is 18.0 Å². The molecule has 0 spiro atoms. The van der Waals surface area contributed by atoms with Crippen molar-refractivity contribution in [3.63, 3.8) is 0 Å². The SMILES string of the molecule is CC1OC(n2cc(P)c(N)nc2=O)[C@H](O)[C@@H]1O. The average Bonchev–Trinajstić information content (AvgIpc) is 2.51. The number of nitrogens with zero attached hydrogens (tertiary/aromatic N) is 2. The molecule has 5 atom stereocenters. The fourth-order valence-electron chi connectivity index (χ4n) is 1.74. The van der Waals surface area contributed by atoms with E-state index in [1.165, 1.54) is 6.20 Å². The summed E-state index contributed by atoms with van der Waals surface area (Å²) < 4.78 is 6.44. The van der Waals surface area contributed by atoms with Crippen molar-refractivity contribution in [3.05, 3.63) is 16.7 Å². The van der Waals surface area contributed by atoms with E-state index in [1.54, 1.807) is 6.92 Å². The van der Waals surface area contributed by atoms with Crippen molar-refractivity contribution >= 4 is 20.4 Å². The van der Waals surface area contributed by atoms with Crippen molar-refractivity contribution in [2.75, 3.05) is 5.73 Å². The topological polar surface area (TPSA) is 111 Å². The molecule has 1 fully saturated rings. The van der Waals surface area contributed by atoms with Crippen molar-refractivity contribution in [2.45, 2.75) is 31.5 Å². The monoisotopic (exact) mass is 259 g/mol. The molecule has 0 bridgehead atoms. The second-order valence-corrected chi connectivity index (χ2v) is 4.61. The van der Waals surface area contributed by atoms with Crippen LogP contribution in [0.5, 0.6) is 0 Å². The van der Waals surface area contributed by atoms with Crippen molar-refractivity contribution in [1.29, 1.82) is 0 Å². The molecule has 3 unspecified atom stereocenters. The second kappa shape index (κ2) is 4.34. The Labute approximate surface area is 99.4 Å². The number of nitrogen functional groups attached to an aromatic ring is 1. The van der Waals surface area contributed by atoms with Gasteiger partial charge < -0.3 is 20.7 Å². The highest BCUT2D eigenvalue weighted by atomic mass is 31.0. The maximum atomic E-state index is 11.6. The normalized spacial score (nSPS) is 32.9. The summed E-state index contributed by atoms with van der Waals surface area (Å²) in [4.78, 5) is 15.2. The van der Waals surface area contributed by atoms with E-state index in [0.717, 1.165) is 4.57 Å². The van der Waals surface area contributed by atoms with Crippen LogP contribution < -0.4 is 16.7 Å². The molecule has 0 amide bonds. The van der Waals surface area contributed by atoms with Crippen LogP contribution in [0, 0.1) is 0 Å². The maximum Gasteiger partial charge on any atom is 0.351 e. The molecular weight excluding hydrogens is 245 g/mol. The molecule has 7 nitrogen and oxygen atoms in total. The van der Waals surface area contributed by atoms with Gasteiger partial charge in [0.2, 0.25) is 0 Å². The quantitative estimate of drug-likeness (QED) is 0.501. The first-order valence-corrected chi connectivity index (χ1v) is 5.65. The number of aromatic nitrogens is 2. The van der Waals surface area contributed by atoms with Gasteiger partial charge in [0.15, 0.2) is 6.23 Å². The highest BCUT2D eigenvalue weighted by Crippen LogP contribution is 2.27. The minimum Gasteiger partial charge on any atom is -0.388 e. The fraction of sp³-hybridized carbons (Fsp3) is 0.556. The van der Waals surface area contributed by atoms with Gasteiger partial charge in [-0.05, 0) is 6.92 Å². The van der Waals surface area contributed by atoms with Crippen LogP contribution in [-0.2, 0) is 4.74 Å². The maximum absolute atomic E-state index is 11.6. The minimum absolute atomic E-state index is 0.109. The summed E-state index contributed by atoms with van der Waals surface area (Å²) in [5, 5.41) is 19.9. The zero-order valence-electron chi connectivity index (χ0n) is 9.15. The van der Waals surface area contributed by atoms with Gasteiger partial charge in [-0.2, -0.15) is 4.98 Å². The highest BCUT2D eigenvalue weighted by Gasteiger charge is 2.41. The number of aliphatic hydroxyl groups excluding tert-OH is 2. The molecule has 17 heavy (non-hydrogen) atoms. The molecule has 0 aliphatic carbocycles. The molecule has 94 valence electrons. The fourth-order valence-corrected chi connectivity index (χ4v) is 1.96. The van der Waals surface area contributed by atoms with E-state index in [0.29, 0.717) is 5.30 Å². The van der Waals surface area contributed by atoms with Gasteiger partial charge in [-0.15, -0.1) is 0 Å². The van der Waals surface area contributed by atoms with Gasteiger partial charge in [0.25, 0.3) is 0 Å². The molecule has 8 heteroatoms. The molecule has 1 aliphatic rings. The Hall–Kier alpha value is -1.01. The molecule has 2 heterocycles. The molecule has 4 N–H and O–H groups in total. The minimum atomic E-state index is -1.17. The molecule has 1 aliphatic heterocycles. The summed E-state index contributed by atoms with van der Waals surface area (Å²) in [6.07, 6.45) is -2.27. The zero-order valence-corrected chi connectivity index (χ0v) is 10.3. The molecule has 1 aromatic rings. The lowest BCUT2D eigenvalue weighted by Gasteiger charge is -2.17. The van der Waals surface area contributed by atoms with Crippen LogP contribution in [0.15, 0.2) is 11.0 Å². The molecular formula is C9H14N3O4P. The van der Waals surface area contributed by atoms with Gasteiger partial charge in [-0.1, -0.05) is 9.24 Å². The summed E-state index contributed by atoms with van der Waals surface area (Å²) in [5.41, 5.74) is 4.85. The molecule has 0 aromatic carbocycles. The predicted octanol–water partition coefficient (Wildman–Crippen LogP) is -2.03. The van der Waals surface area contributed by atoms with Crippen LogP contribution >= 0.6 is 9.24 Å². The van der Waals surface area contributed by atoms with Gasteiger partial charge in [0.05, 0.1) is 6.10 Å². The summed E-state index contributed by atoms with van der Waals surface area (Å²) in [5.74, 6) is 0.109. The Morgan fingerprint density at radius 2 is 2.18 bits per heavy atom.